The summed E-state index contributed by atoms with van der Waals surface area (Å²) in [6, 6.07) is 15.4. The van der Waals surface area contributed by atoms with Gasteiger partial charge in [-0.1, -0.05) is 22.8 Å². The van der Waals surface area contributed by atoms with Crippen molar-refractivity contribution in [2.75, 3.05) is 5.32 Å². The maximum absolute atomic E-state index is 13.1. The molecule has 2 heterocycles. The van der Waals surface area contributed by atoms with E-state index < -0.39 is 11.6 Å². The molecule has 0 atom stereocenters. The van der Waals surface area contributed by atoms with Crippen LogP contribution in [0.2, 0.25) is 0 Å². The van der Waals surface area contributed by atoms with E-state index in [0.29, 0.717) is 28.0 Å². The molecule has 33 heavy (non-hydrogen) atoms. The van der Waals surface area contributed by atoms with Gasteiger partial charge in [-0.2, -0.15) is 0 Å². The second kappa shape index (κ2) is 9.04. The van der Waals surface area contributed by atoms with Gasteiger partial charge in [0.15, 0.2) is 0 Å². The van der Waals surface area contributed by atoms with Crippen molar-refractivity contribution < 1.29 is 9.59 Å². The molecule has 10 heteroatoms. The molecule has 0 spiro atoms. The molecule has 4 rings (SSSR count). The fourth-order valence-electron chi connectivity index (χ4n) is 3.39. The molecular formula is C23H17N7O3. The lowest BCUT2D eigenvalue weighted by molar-refractivity contribution is 0.0968. The average molecular weight is 439 g/mol. The second-order valence-corrected chi connectivity index (χ2v) is 7.05. The summed E-state index contributed by atoms with van der Waals surface area (Å²) in [5, 5.41) is 6.00. The van der Waals surface area contributed by atoms with Crippen LogP contribution >= 0.6 is 0 Å². The third-order valence-corrected chi connectivity index (χ3v) is 4.86. The quantitative estimate of drug-likeness (QED) is 0.216. The maximum atomic E-state index is 13.1. The molecule has 2 aromatic carbocycles. The average Bonchev–Trinajstić information content (AvgIpc) is 3.11. The summed E-state index contributed by atoms with van der Waals surface area (Å²) >= 11 is 0. The molecule has 1 N–H and O–H groups in total. The van der Waals surface area contributed by atoms with E-state index >= 15 is 0 Å². The van der Waals surface area contributed by atoms with Gasteiger partial charge in [0, 0.05) is 34.6 Å². The van der Waals surface area contributed by atoms with Gasteiger partial charge in [-0.3, -0.25) is 19.1 Å². The van der Waals surface area contributed by atoms with Gasteiger partial charge in [0.2, 0.25) is 0 Å². The molecule has 0 radical (unpaired) electrons. The van der Waals surface area contributed by atoms with Crippen LogP contribution in [0.4, 0.5) is 5.69 Å². The number of carbonyl (C=O) groups excluding carboxylic acids is 2. The minimum Gasteiger partial charge on any atom is -0.322 e. The predicted molar refractivity (Wildman–Crippen MR) is 123 cm³/mol. The lowest BCUT2D eigenvalue weighted by atomic mass is 10.1. The largest absolute Gasteiger partial charge is 0.340 e. The van der Waals surface area contributed by atoms with E-state index in [-0.39, 0.29) is 5.91 Å². The number of aryl methyl sites for hydroxylation is 1. The van der Waals surface area contributed by atoms with E-state index in [1.54, 1.807) is 42.5 Å². The normalized spacial score (nSPS) is 10.8. The van der Waals surface area contributed by atoms with Gasteiger partial charge in [0.25, 0.3) is 11.8 Å². The highest BCUT2D eigenvalue weighted by molar-refractivity contribution is 6.04. The number of aromatic nitrogens is 3. The first kappa shape index (κ1) is 21.3. The zero-order valence-corrected chi connectivity index (χ0v) is 17.4. The molecule has 4 aromatic rings. The van der Waals surface area contributed by atoms with Crippen LogP contribution < -0.4 is 11.0 Å². The molecule has 0 unspecified atom stereocenters. The summed E-state index contributed by atoms with van der Waals surface area (Å²) < 4.78 is 2.31. The number of anilines is 1. The Hall–Kier alpha value is -4.95. The zero-order valence-electron chi connectivity index (χ0n) is 17.4. The van der Waals surface area contributed by atoms with Gasteiger partial charge in [-0.15, -0.1) is 0 Å². The van der Waals surface area contributed by atoms with Gasteiger partial charge in [0.05, 0.1) is 22.9 Å². The third-order valence-electron chi connectivity index (χ3n) is 4.86. The number of nitrogens with one attached hydrogen (secondary N) is 1. The lowest BCUT2D eigenvalue weighted by Gasteiger charge is -2.08. The Balaban J connectivity index is 1.69. The van der Waals surface area contributed by atoms with Gasteiger partial charge in [-0.05, 0) is 54.9 Å². The molecular weight excluding hydrogens is 422 g/mol. The molecule has 0 aliphatic carbocycles. The number of pyridine rings is 1. The second-order valence-electron chi connectivity index (χ2n) is 7.05. The Morgan fingerprint density at radius 3 is 2.64 bits per heavy atom. The van der Waals surface area contributed by atoms with Crippen LogP contribution in [0.25, 0.3) is 27.2 Å². The van der Waals surface area contributed by atoms with E-state index in [2.05, 4.69) is 20.3 Å². The molecule has 10 nitrogen and oxygen atoms in total. The number of rotatable bonds is 5. The van der Waals surface area contributed by atoms with Crippen LogP contribution in [0.15, 0.2) is 89.2 Å². The van der Waals surface area contributed by atoms with Crippen LogP contribution in [-0.2, 0) is 0 Å². The molecule has 0 fully saturated rings. The third kappa shape index (κ3) is 4.27. The summed E-state index contributed by atoms with van der Waals surface area (Å²) in [5.41, 5.74) is 11.1. The molecule has 162 valence electrons. The Labute approximate surface area is 187 Å². The number of amides is 1. The number of azide groups is 1. The molecule has 0 saturated heterocycles. The van der Waals surface area contributed by atoms with Gasteiger partial charge >= 0.3 is 5.69 Å². The zero-order chi connectivity index (χ0) is 23.4. The number of nitrogens with zero attached hydrogens (tertiary/aromatic N) is 6. The van der Waals surface area contributed by atoms with Crippen molar-refractivity contribution in [1.82, 2.24) is 14.1 Å². The number of hydrogen-bond donors (Lipinski definition) is 1. The number of allylic oxidation sites excluding steroid dienone is 1. The van der Waals surface area contributed by atoms with Crippen molar-refractivity contribution >= 4 is 28.5 Å². The van der Waals surface area contributed by atoms with Crippen molar-refractivity contribution in [2.24, 2.45) is 5.11 Å². The molecule has 2 aromatic heterocycles. The van der Waals surface area contributed by atoms with E-state index in [1.165, 1.54) is 17.0 Å². The van der Waals surface area contributed by atoms with Crippen LogP contribution in [0.3, 0.4) is 0 Å². The van der Waals surface area contributed by atoms with E-state index in [0.717, 1.165) is 22.4 Å². The first-order valence-corrected chi connectivity index (χ1v) is 9.80. The highest BCUT2D eigenvalue weighted by atomic mass is 16.2. The maximum Gasteiger partial charge on any atom is 0.340 e. The fraction of sp³-hybridized carbons (Fsp3) is 0.0435. The highest BCUT2D eigenvalue weighted by Gasteiger charge is 2.18. The van der Waals surface area contributed by atoms with Crippen molar-refractivity contribution in [3.8, 4) is 5.69 Å². The summed E-state index contributed by atoms with van der Waals surface area (Å²) in [4.78, 5) is 44.7. The Kier molecular flexibility index (Phi) is 5.83. The summed E-state index contributed by atoms with van der Waals surface area (Å²) in [6.07, 6.45) is 4.93. The Morgan fingerprint density at radius 2 is 1.91 bits per heavy atom. The molecule has 1 amide bonds. The SMILES string of the molecule is Cc1cccc(C(=O)Nc2ccc(-n3c(=O)n(C(=O)C=CN=[N+]=[N-])c4ccncc43)cc2)c1. The number of fused-ring (bicyclic) bond motifs is 1. The predicted octanol–water partition coefficient (Wildman–Crippen LogP) is 4.21. The monoisotopic (exact) mass is 439 g/mol. The van der Waals surface area contributed by atoms with E-state index in [4.69, 9.17) is 5.53 Å². The standard InChI is InChI=1S/C23H17N7O3/c1-15-3-2-4-16(13-15)22(32)27-17-5-7-18(8-6-17)29-20-14-25-11-9-19(20)30(23(29)33)21(31)10-12-26-28-24/h2-14H,1H3,(H,27,32). The number of carbonyl (C=O) groups is 2. The summed E-state index contributed by atoms with van der Waals surface area (Å²) in [5.74, 6) is -0.911. The highest BCUT2D eigenvalue weighted by Crippen LogP contribution is 2.19. The van der Waals surface area contributed by atoms with Crippen molar-refractivity contribution in [1.29, 1.82) is 0 Å². The minimum absolute atomic E-state index is 0.248. The van der Waals surface area contributed by atoms with Gasteiger partial charge in [0.1, 0.15) is 0 Å². The first-order valence-electron chi connectivity index (χ1n) is 9.80. The number of benzene rings is 2. The van der Waals surface area contributed by atoms with Gasteiger partial charge < -0.3 is 5.32 Å². The smallest absolute Gasteiger partial charge is 0.322 e. The number of hydrogen-bond acceptors (Lipinski definition) is 5. The Bertz CT molecular complexity index is 1510. The van der Waals surface area contributed by atoms with Crippen LogP contribution in [-0.4, -0.2) is 25.9 Å². The number of imidazole rings is 1. The first-order chi connectivity index (χ1) is 16.0. The molecule has 0 aliphatic rings. The fourth-order valence-corrected chi connectivity index (χ4v) is 3.39. The topological polar surface area (TPSA) is 135 Å². The van der Waals surface area contributed by atoms with Crippen molar-refractivity contribution in [3.63, 3.8) is 0 Å². The van der Waals surface area contributed by atoms with Gasteiger partial charge in [-0.25, -0.2) is 9.36 Å². The lowest BCUT2D eigenvalue weighted by Crippen LogP contribution is -2.27. The molecule has 0 aliphatic heterocycles. The van der Waals surface area contributed by atoms with Crippen LogP contribution in [0, 0.1) is 6.92 Å². The molecule has 0 bridgehead atoms. The summed E-state index contributed by atoms with van der Waals surface area (Å²) in [6.45, 7) is 1.91. The summed E-state index contributed by atoms with van der Waals surface area (Å²) in [7, 11) is 0. The van der Waals surface area contributed by atoms with Crippen LogP contribution in [0.5, 0.6) is 0 Å². The van der Waals surface area contributed by atoms with Crippen LogP contribution in [0.1, 0.15) is 20.7 Å². The van der Waals surface area contributed by atoms with E-state index in [9.17, 15) is 14.4 Å². The molecule has 0 saturated carbocycles. The Morgan fingerprint density at radius 1 is 1.12 bits per heavy atom. The minimum atomic E-state index is -0.663. The van der Waals surface area contributed by atoms with E-state index in [1.807, 2.05) is 19.1 Å². The van der Waals surface area contributed by atoms with Crippen molar-refractivity contribution in [2.45, 2.75) is 6.92 Å². The van der Waals surface area contributed by atoms with Crippen molar-refractivity contribution in [3.05, 3.63) is 111 Å².